The van der Waals surface area contributed by atoms with Gasteiger partial charge in [0.05, 0.1) is 5.56 Å². The first-order chi connectivity index (χ1) is 11.1. The van der Waals surface area contributed by atoms with Gasteiger partial charge in [-0.1, -0.05) is 30.3 Å². The molecule has 0 bridgehead atoms. The van der Waals surface area contributed by atoms with Crippen LogP contribution in [-0.4, -0.2) is 41.1 Å². The molecule has 1 amide bonds. The number of nitrogens with zero attached hydrogens (tertiary/aromatic N) is 2. The summed E-state index contributed by atoms with van der Waals surface area (Å²) in [7, 11) is 0. The Balaban J connectivity index is 0.00000208. The molecule has 130 valence electrons. The van der Waals surface area contributed by atoms with Gasteiger partial charge in [0.25, 0.3) is 5.91 Å². The van der Waals surface area contributed by atoms with Gasteiger partial charge in [-0.15, -0.1) is 12.4 Å². The summed E-state index contributed by atoms with van der Waals surface area (Å²) in [5.41, 5.74) is 4.29. The average molecular weight is 348 g/mol. The van der Waals surface area contributed by atoms with Gasteiger partial charge in [-0.3, -0.25) is 4.79 Å². The largest absolute Gasteiger partial charge is 0.344 e. The van der Waals surface area contributed by atoms with E-state index in [-0.39, 0.29) is 24.4 Å². The highest BCUT2D eigenvalue weighted by Crippen LogP contribution is 2.20. The number of halogens is 1. The van der Waals surface area contributed by atoms with Crippen molar-refractivity contribution >= 4 is 18.3 Å². The Morgan fingerprint density at radius 2 is 1.96 bits per heavy atom. The van der Waals surface area contributed by atoms with Crippen LogP contribution in [0.3, 0.4) is 0 Å². The lowest BCUT2D eigenvalue weighted by atomic mass is 10.1. The van der Waals surface area contributed by atoms with Crippen LogP contribution in [-0.2, 0) is 6.54 Å². The highest BCUT2D eigenvalue weighted by Gasteiger charge is 2.26. The van der Waals surface area contributed by atoms with Crippen LogP contribution < -0.4 is 5.32 Å². The van der Waals surface area contributed by atoms with Crippen LogP contribution in [0.4, 0.5) is 0 Å². The maximum atomic E-state index is 12.9. The number of hydrogen-bond acceptors (Lipinski definition) is 2. The summed E-state index contributed by atoms with van der Waals surface area (Å²) in [6.45, 7) is 9.57. The van der Waals surface area contributed by atoms with Gasteiger partial charge in [-0.2, -0.15) is 0 Å². The molecule has 4 nitrogen and oxygen atoms in total. The lowest BCUT2D eigenvalue weighted by molar-refractivity contribution is 0.0655. The molecule has 2 aromatic rings. The average Bonchev–Trinajstić information content (AvgIpc) is 2.84. The van der Waals surface area contributed by atoms with Crippen LogP contribution >= 0.6 is 12.4 Å². The second kappa shape index (κ2) is 7.86. The van der Waals surface area contributed by atoms with Crippen LogP contribution in [0.25, 0.3) is 0 Å². The Hall–Kier alpha value is -1.78. The first-order valence-corrected chi connectivity index (χ1v) is 8.30. The van der Waals surface area contributed by atoms with Crippen molar-refractivity contribution in [3.8, 4) is 0 Å². The minimum atomic E-state index is 0. The summed E-state index contributed by atoms with van der Waals surface area (Å²) < 4.78 is 2.23. The van der Waals surface area contributed by atoms with Crippen LogP contribution in [0.15, 0.2) is 36.4 Å². The van der Waals surface area contributed by atoms with Gasteiger partial charge >= 0.3 is 0 Å². The van der Waals surface area contributed by atoms with Gasteiger partial charge < -0.3 is 14.8 Å². The number of amides is 1. The molecule has 3 rings (SSSR count). The predicted octanol–water partition coefficient (Wildman–Crippen LogP) is 3.01. The third kappa shape index (κ3) is 3.65. The molecule has 1 aromatic carbocycles. The van der Waals surface area contributed by atoms with Crippen molar-refractivity contribution in [3.05, 3.63) is 58.9 Å². The van der Waals surface area contributed by atoms with E-state index in [1.165, 1.54) is 5.56 Å². The molecule has 0 aliphatic carbocycles. The standard InChI is InChI=1S/C19H25N3O.ClH/c1-14-11-18(19(23)21-10-9-20-12-15(21)2)16(3)22(14)13-17-7-5-4-6-8-17;/h4-8,11,15,20H,9-10,12-13H2,1-3H3;1H/t15-;/m0./s1. The molecule has 0 radical (unpaired) electrons. The fourth-order valence-corrected chi connectivity index (χ4v) is 3.32. The van der Waals surface area contributed by atoms with E-state index in [4.69, 9.17) is 0 Å². The molecule has 24 heavy (non-hydrogen) atoms. The topological polar surface area (TPSA) is 37.3 Å². The summed E-state index contributed by atoms with van der Waals surface area (Å²) in [6.07, 6.45) is 0. The number of benzene rings is 1. The predicted molar refractivity (Wildman–Crippen MR) is 100 cm³/mol. The normalized spacial score (nSPS) is 17.5. The van der Waals surface area contributed by atoms with Crippen LogP contribution in [0, 0.1) is 13.8 Å². The van der Waals surface area contributed by atoms with E-state index in [0.29, 0.717) is 0 Å². The molecular formula is C19H26ClN3O. The molecular weight excluding hydrogens is 322 g/mol. The molecule has 1 fully saturated rings. The van der Waals surface area contributed by atoms with Crippen LogP contribution in [0.5, 0.6) is 0 Å². The van der Waals surface area contributed by atoms with E-state index >= 15 is 0 Å². The first-order valence-electron chi connectivity index (χ1n) is 8.30. The van der Waals surface area contributed by atoms with Gasteiger partial charge in [0.2, 0.25) is 0 Å². The van der Waals surface area contributed by atoms with E-state index in [9.17, 15) is 4.79 Å². The van der Waals surface area contributed by atoms with E-state index in [0.717, 1.165) is 43.1 Å². The van der Waals surface area contributed by atoms with E-state index in [1.54, 1.807) is 0 Å². The molecule has 1 aliphatic rings. The minimum Gasteiger partial charge on any atom is -0.344 e. The smallest absolute Gasteiger partial charge is 0.256 e. The number of aromatic nitrogens is 1. The second-order valence-electron chi connectivity index (χ2n) is 6.41. The number of carbonyl (C=O) groups excluding carboxylic acids is 1. The molecule has 1 aromatic heterocycles. The molecule has 1 N–H and O–H groups in total. The Morgan fingerprint density at radius 3 is 2.62 bits per heavy atom. The molecule has 0 spiro atoms. The Labute approximate surface area is 150 Å². The number of rotatable bonds is 3. The fourth-order valence-electron chi connectivity index (χ4n) is 3.32. The Kier molecular flexibility index (Phi) is 6.08. The summed E-state index contributed by atoms with van der Waals surface area (Å²) in [5, 5.41) is 3.34. The molecule has 0 saturated carbocycles. The van der Waals surface area contributed by atoms with Crippen molar-refractivity contribution in [2.75, 3.05) is 19.6 Å². The second-order valence-corrected chi connectivity index (χ2v) is 6.41. The quantitative estimate of drug-likeness (QED) is 0.926. The van der Waals surface area contributed by atoms with Crippen molar-refractivity contribution in [3.63, 3.8) is 0 Å². The number of carbonyl (C=O) groups is 1. The van der Waals surface area contributed by atoms with Crippen LogP contribution in [0.2, 0.25) is 0 Å². The molecule has 5 heteroatoms. The van der Waals surface area contributed by atoms with Gasteiger partial charge in [-0.25, -0.2) is 0 Å². The minimum absolute atomic E-state index is 0. The lowest BCUT2D eigenvalue weighted by Gasteiger charge is -2.34. The third-order valence-electron chi connectivity index (χ3n) is 4.75. The monoisotopic (exact) mass is 347 g/mol. The van der Waals surface area contributed by atoms with Gasteiger partial charge in [0.1, 0.15) is 0 Å². The van der Waals surface area contributed by atoms with Crippen LogP contribution in [0.1, 0.15) is 34.2 Å². The van der Waals surface area contributed by atoms with Crippen molar-refractivity contribution < 1.29 is 4.79 Å². The van der Waals surface area contributed by atoms with E-state index in [2.05, 4.69) is 54.9 Å². The number of nitrogens with one attached hydrogen (secondary N) is 1. The molecule has 1 atom stereocenters. The molecule has 2 heterocycles. The summed E-state index contributed by atoms with van der Waals surface area (Å²) in [4.78, 5) is 14.9. The van der Waals surface area contributed by atoms with E-state index < -0.39 is 0 Å². The molecule has 1 aliphatic heterocycles. The lowest BCUT2D eigenvalue weighted by Crippen LogP contribution is -2.52. The maximum Gasteiger partial charge on any atom is 0.256 e. The number of piperazine rings is 1. The first kappa shape index (κ1) is 18.6. The third-order valence-corrected chi connectivity index (χ3v) is 4.75. The summed E-state index contributed by atoms with van der Waals surface area (Å²) >= 11 is 0. The SMILES string of the molecule is Cc1cc(C(=O)N2CCNC[C@@H]2C)c(C)n1Cc1ccccc1.Cl. The summed E-state index contributed by atoms with van der Waals surface area (Å²) in [5.74, 6) is 0.159. The van der Waals surface area contributed by atoms with Crippen molar-refractivity contribution in [2.45, 2.75) is 33.4 Å². The highest BCUT2D eigenvalue weighted by molar-refractivity contribution is 5.96. The van der Waals surface area contributed by atoms with Gasteiger partial charge in [0, 0.05) is 43.6 Å². The Morgan fingerprint density at radius 1 is 1.25 bits per heavy atom. The Bertz CT molecular complexity index is 696. The zero-order valence-corrected chi connectivity index (χ0v) is 15.4. The van der Waals surface area contributed by atoms with E-state index in [1.807, 2.05) is 17.0 Å². The van der Waals surface area contributed by atoms with Crippen molar-refractivity contribution in [1.29, 1.82) is 0 Å². The number of hydrogen-bond donors (Lipinski definition) is 1. The maximum absolute atomic E-state index is 12.9. The molecule has 1 saturated heterocycles. The van der Waals surface area contributed by atoms with Crippen molar-refractivity contribution in [2.24, 2.45) is 0 Å². The molecule has 0 unspecified atom stereocenters. The number of aryl methyl sites for hydroxylation is 1. The summed E-state index contributed by atoms with van der Waals surface area (Å²) in [6, 6.07) is 12.7. The van der Waals surface area contributed by atoms with Crippen molar-refractivity contribution in [1.82, 2.24) is 14.8 Å². The van der Waals surface area contributed by atoms with Gasteiger partial charge in [0.15, 0.2) is 0 Å². The zero-order valence-electron chi connectivity index (χ0n) is 14.6. The van der Waals surface area contributed by atoms with Gasteiger partial charge in [-0.05, 0) is 32.4 Å². The zero-order chi connectivity index (χ0) is 16.4. The fraction of sp³-hybridized carbons (Fsp3) is 0.421. The highest BCUT2D eigenvalue weighted by atomic mass is 35.5.